The highest BCUT2D eigenvalue weighted by Crippen LogP contribution is 2.28. The van der Waals surface area contributed by atoms with Crippen molar-refractivity contribution < 1.29 is 9.59 Å². The average molecular weight is 409 g/mol. The van der Waals surface area contributed by atoms with Crippen molar-refractivity contribution in [2.24, 2.45) is 29.0 Å². The van der Waals surface area contributed by atoms with E-state index in [9.17, 15) is 9.59 Å². The maximum Gasteiger partial charge on any atom is 0.226 e. The lowest BCUT2D eigenvalue weighted by atomic mass is 10.0. The van der Waals surface area contributed by atoms with Crippen LogP contribution in [0.2, 0.25) is 0 Å². The van der Waals surface area contributed by atoms with Crippen molar-refractivity contribution in [3.05, 3.63) is 0 Å². The van der Waals surface area contributed by atoms with E-state index in [0.29, 0.717) is 24.7 Å². The van der Waals surface area contributed by atoms with Crippen LogP contribution in [0.5, 0.6) is 0 Å². The molecule has 6 nitrogen and oxygen atoms in total. The number of hydrogen-bond acceptors (Lipinski definition) is 4. The van der Waals surface area contributed by atoms with Crippen molar-refractivity contribution in [1.29, 1.82) is 0 Å². The molecule has 9 heteroatoms. The molecular weight excluding hydrogens is 380 g/mol. The topological polar surface area (TPSA) is 124 Å². The van der Waals surface area contributed by atoms with Crippen LogP contribution in [0, 0.1) is 11.8 Å². The van der Waals surface area contributed by atoms with Crippen LogP contribution in [0.15, 0.2) is 0 Å². The molecule has 2 fully saturated rings. The molecule has 0 heterocycles. The normalized spacial score (nSPS) is 16.8. The fourth-order valence-electron chi connectivity index (χ4n) is 3.11. The Kier molecular flexibility index (Phi) is 13.6. The van der Waals surface area contributed by atoms with Gasteiger partial charge >= 0.3 is 0 Å². The first-order valence-electron chi connectivity index (χ1n) is 8.53. The zero-order chi connectivity index (χ0) is 19.2. The van der Waals surface area contributed by atoms with Gasteiger partial charge in [0.1, 0.15) is 0 Å². The number of nitrogens with two attached hydrogens (primary N) is 3. The van der Waals surface area contributed by atoms with E-state index in [1.54, 1.807) is 0 Å². The Labute approximate surface area is 165 Å². The first kappa shape index (κ1) is 24.0. The summed E-state index contributed by atoms with van der Waals surface area (Å²) < 4.78 is 0. The molecule has 7 N–H and O–H groups in total. The highest BCUT2D eigenvalue weighted by atomic mass is 35.5. The van der Waals surface area contributed by atoms with Gasteiger partial charge < -0.3 is 22.5 Å². The number of hydrogen-bond donors (Lipinski definition) is 4. The molecule has 0 aliphatic heterocycles. The first-order valence-corrected chi connectivity index (χ1v) is 9.72. The largest absolute Gasteiger partial charge is 0.377 e. The van der Waals surface area contributed by atoms with Crippen molar-refractivity contribution in [2.75, 3.05) is 0 Å². The molecular formula is C16H29ClN4O2S2. The van der Waals surface area contributed by atoms with Gasteiger partial charge in [-0.05, 0) is 73.6 Å². The van der Waals surface area contributed by atoms with Crippen LogP contribution in [0.1, 0.15) is 64.2 Å². The Hall–Kier alpha value is -0.990. The predicted molar refractivity (Wildman–Crippen MR) is 110 cm³/mol. The molecule has 2 saturated carbocycles. The molecule has 2 aliphatic rings. The van der Waals surface area contributed by atoms with Crippen LogP contribution in [0.25, 0.3) is 0 Å². The van der Waals surface area contributed by atoms with Crippen molar-refractivity contribution >= 4 is 57.4 Å². The summed E-state index contributed by atoms with van der Waals surface area (Å²) in [5, 5.41) is 2.36. The minimum absolute atomic E-state index is 0.000000000000000222. The van der Waals surface area contributed by atoms with E-state index in [1.807, 2.05) is 0 Å². The fraction of sp³-hybridized carbons (Fsp3) is 0.750. The zero-order valence-electron chi connectivity index (χ0n) is 14.5. The molecule has 0 aromatic carbocycles. The third-order valence-electron chi connectivity index (χ3n) is 4.14. The van der Waals surface area contributed by atoms with Crippen LogP contribution >= 0.6 is 36.0 Å². The van der Waals surface area contributed by atoms with Crippen LogP contribution < -0.4 is 22.5 Å². The van der Waals surface area contributed by atoms with Gasteiger partial charge in [0.2, 0.25) is 11.1 Å². The lowest BCUT2D eigenvalue weighted by Gasteiger charge is -2.07. The Morgan fingerprint density at radius 2 is 1.24 bits per heavy atom. The van der Waals surface area contributed by atoms with Gasteiger partial charge in [0.05, 0.1) is 0 Å². The lowest BCUT2D eigenvalue weighted by Crippen LogP contribution is -2.35. The second kappa shape index (κ2) is 14.2. The third kappa shape index (κ3) is 16.2. The number of amides is 1. The summed E-state index contributed by atoms with van der Waals surface area (Å²) in [5.41, 5.74) is 14.4. The second-order valence-electron chi connectivity index (χ2n) is 6.38. The number of carbonyl (C=O) groups is 2. The molecule has 144 valence electrons. The summed E-state index contributed by atoms with van der Waals surface area (Å²) in [4.78, 5) is 21.5. The lowest BCUT2D eigenvalue weighted by molar-refractivity contribution is -0.120. The summed E-state index contributed by atoms with van der Waals surface area (Å²) in [6.07, 6.45) is 11.0. The van der Waals surface area contributed by atoms with E-state index in [-0.39, 0.29) is 21.4 Å². The van der Waals surface area contributed by atoms with Crippen LogP contribution in [0.4, 0.5) is 0 Å². The highest BCUT2D eigenvalue weighted by Gasteiger charge is 2.18. The SMILES string of the molecule is NC(=S)NC(=O)CC1CCCC1.NC(N)=S.O=C(Cl)CC1CCCC1. The standard InChI is InChI=1S/C8H14N2OS.C7H11ClO.CH4N2S/c9-8(12)10-7(11)5-6-3-1-2-4-6;8-7(9)5-6-3-1-2-4-6;2-1(3)4/h6H,1-5H2,(H3,9,10,11,12);6H,1-5H2;(H4,2,3,4). The smallest absolute Gasteiger partial charge is 0.226 e. The predicted octanol–water partition coefficient (Wildman–Crippen LogP) is 2.45. The minimum atomic E-state index is -0.165. The fourth-order valence-corrected chi connectivity index (χ4v) is 3.44. The molecule has 2 aliphatic carbocycles. The molecule has 2 rings (SSSR count). The maximum absolute atomic E-state index is 11.1. The first-order chi connectivity index (χ1) is 11.7. The van der Waals surface area contributed by atoms with Crippen molar-refractivity contribution in [2.45, 2.75) is 64.2 Å². The number of thiocarbonyl (C=S) groups is 2. The molecule has 0 radical (unpaired) electrons. The maximum atomic E-state index is 11.1. The Morgan fingerprint density at radius 1 is 0.880 bits per heavy atom. The van der Waals surface area contributed by atoms with E-state index in [1.165, 1.54) is 51.4 Å². The summed E-state index contributed by atoms with van der Waals surface area (Å²) in [6, 6.07) is 0. The monoisotopic (exact) mass is 408 g/mol. The molecule has 0 unspecified atom stereocenters. The van der Waals surface area contributed by atoms with Crippen molar-refractivity contribution in [1.82, 2.24) is 5.32 Å². The molecule has 0 aromatic heterocycles. The number of halogens is 1. The number of nitrogens with one attached hydrogen (secondary N) is 1. The van der Waals surface area contributed by atoms with Gasteiger partial charge in [-0.25, -0.2) is 0 Å². The zero-order valence-corrected chi connectivity index (χ0v) is 16.9. The summed E-state index contributed by atoms with van der Waals surface area (Å²) in [7, 11) is 0. The molecule has 0 bridgehead atoms. The quantitative estimate of drug-likeness (QED) is 0.416. The second-order valence-corrected chi connectivity index (χ2v) is 7.71. The molecule has 25 heavy (non-hydrogen) atoms. The Balaban J connectivity index is 0.000000391. The van der Waals surface area contributed by atoms with Gasteiger partial charge in [0.25, 0.3) is 0 Å². The van der Waals surface area contributed by atoms with Crippen molar-refractivity contribution in [3.63, 3.8) is 0 Å². The Morgan fingerprint density at radius 3 is 1.56 bits per heavy atom. The van der Waals surface area contributed by atoms with Gasteiger partial charge in [-0.2, -0.15) is 0 Å². The van der Waals surface area contributed by atoms with Gasteiger partial charge in [0.15, 0.2) is 10.2 Å². The molecule has 1 amide bonds. The van der Waals surface area contributed by atoms with Gasteiger partial charge in [-0.15, -0.1) is 0 Å². The van der Waals surface area contributed by atoms with Crippen LogP contribution in [-0.4, -0.2) is 21.4 Å². The minimum Gasteiger partial charge on any atom is -0.377 e. The van der Waals surface area contributed by atoms with E-state index in [4.69, 9.17) is 17.3 Å². The summed E-state index contributed by atoms with van der Waals surface area (Å²) >= 11 is 13.9. The summed E-state index contributed by atoms with van der Waals surface area (Å²) in [5.74, 6) is 1.13. The number of carbonyl (C=O) groups excluding carboxylic acids is 2. The summed E-state index contributed by atoms with van der Waals surface area (Å²) in [6.45, 7) is 0. The molecule has 0 spiro atoms. The molecule has 0 aromatic rings. The third-order valence-corrected chi connectivity index (χ3v) is 4.39. The highest BCUT2D eigenvalue weighted by molar-refractivity contribution is 7.80. The van der Waals surface area contributed by atoms with Gasteiger partial charge in [-0.3, -0.25) is 9.59 Å². The van der Waals surface area contributed by atoms with Crippen molar-refractivity contribution in [3.8, 4) is 0 Å². The van der Waals surface area contributed by atoms with E-state index < -0.39 is 0 Å². The van der Waals surface area contributed by atoms with Crippen LogP contribution in [-0.2, 0) is 9.59 Å². The van der Waals surface area contributed by atoms with Gasteiger partial charge in [-0.1, -0.05) is 25.7 Å². The number of rotatable bonds is 4. The van der Waals surface area contributed by atoms with E-state index in [0.717, 1.165) is 0 Å². The molecule has 0 saturated heterocycles. The average Bonchev–Trinajstić information content (AvgIpc) is 3.10. The van der Waals surface area contributed by atoms with Crippen LogP contribution in [0.3, 0.4) is 0 Å². The molecule has 0 atom stereocenters. The van der Waals surface area contributed by atoms with Gasteiger partial charge in [0, 0.05) is 12.8 Å². The van der Waals surface area contributed by atoms with E-state index >= 15 is 0 Å². The Bertz CT molecular complexity index is 447. The van der Waals surface area contributed by atoms with E-state index in [2.05, 4.69) is 41.2 Å².